The Hall–Kier alpha value is -1.88. The minimum absolute atomic E-state index is 0.0229. The fraction of sp³-hybridized carbons (Fsp3) is 0.579. The Kier molecular flexibility index (Phi) is 5.86. The molecule has 1 aliphatic carbocycles. The molecule has 3 N–H and O–H groups in total. The Bertz CT molecular complexity index is 558. The first-order chi connectivity index (χ1) is 11.7. The number of benzene rings is 1. The highest BCUT2D eigenvalue weighted by atomic mass is 16.2. The van der Waals surface area contributed by atoms with Crippen molar-refractivity contribution in [3.63, 3.8) is 0 Å². The van der Waals surface area contributed by atoms with Crippen LogP contribution in [0.25, 0.3) is 0 Å². The molecule has 1 aliphatic heterocycles. The van der Waals surface area contributed by atoms with Gasteiger partial charge in [-0.15, -0.1) is 0 Å². The monoisotopic (exact) mass is 329 g/mol. The summed E-state index contributed by atoms with van der Waals surface area (Å²) in [5.74, 6) is 0.337. The second kappa shape index (κ2) is 8.29. The number of rotatable bonds is 5. The molecule has 2 aliphatic rings. The molecule has 1 aromatic carbocycles. The molecule has 0 aromatic heterocycles. The molecule has 1 aromatic rings. The molecular weight excluding hydrogens is 302 g/mol. The summed E-state index contributed by atoms with van der Waals surface area (Å²) < 4.78 is 0. The number of hydrogen-bond acceptors (Lipinski definition) is 3. The smallest absolute Gasteiger partial charge is 0.251 e. The lowest BCUT2D eigenvalue weighted by Crippen LogP contribution is -2.45. The zero-order valence-electron chi connectivity index (χ0n) is 14.1. The molecule has 0 bridgehead atoms. The topological polar surface area (TPSA) is 70.2 Å². The third-order valence-electron chi connectivity index (χ3n) is 5.04. The van der Waals surface area contributed by atoms with Crippen molar-refractivity contribution < 1.29 is 9.59 Å². The predicted molar refractivity (Wildman–Crippen MR) is 93.6 cm³/mol. The number of piperidine rings is 1. The average Bonchev–Trinajstić information content (AvgIpc) is 3.16. The van der Waals surface area contributed by atoms with Crippen LogP contribution in [0.4, 0.5) is 0 Å². The Morgan fingerprint density at radius 3 is 2.46 bits per heavy atom. The lowest BCUT2D eigenvalue weighted by atomic mass is 10.1. The van der Waals surface area contributed by atoms with E-state index < -0.39 is 0 Å². The normalized spacial score (nSPS) is 21.4. The van der Waals surface area contributed by atoms with Gasteiger partial charge in [0.1, 0.15) is 0 Å². The zero-order valence-corrected chi connectivity index (χ0v) is 14.1. The second-order valence-corrected chi connectivity index (χ2v) is 6.91. The van der Waals surface area contributed by atoms with Gasteiger partial charge in [-0.1, -0.05) is 25.0 Å². The van der Waals surface area contributed by atoms with E-state index >= 15 is 0 Å². The van der Waals surface area contributed by atoms with Gasteiger partial charge in [0.15, 0.2) is 0 Å². The highest BCUT2D eigenvalue weighted by Crippen LogP contribution is 2.24. The maximum Gasteiger partial charge on any atom is 0.251 e. The van der Waals surface area contributed by atoms with Crippen LogP contribution in [-0.2, 0) is 11.3 Å². The van der Waals surface area contributed by atoms with E-state index in [1.54, 1.807) is 0 Å². The van der Waals surface area contributed by atoms with Crippen LogP contribution in [0.15, 0.2) is 24.3 Å². The van der Waals surface area contributed by atoms with Crippen LogP contribution < -0.4 is 16.0 Å². The Labute approximate surface area is 143 Å². The number of nitrogens with one attached hydrogen (secondary N) is 3. The number of carbonyl (C=O) groups is 2. The Morgan fingerprint density at radius 2 is 1.79 bits per heavy atom. The first-order valence-electron chi connectivity index (χ1n) is 9.10. The summed E-state index contributed by atoms with van der Waals surface area (Å²) in [6, 6.07) is 7.73. The summed E-state index contributed by atoms with van der Waals surface area (Å²) in [5.41, 5.74) is 1.70. The third kappa shape index (κ3) is 4.57. The molecule has 5 heteroatoms. The lowest BCUT2D eigenvalue weighted by molar-refractivity contribution is -0.124. The van der Waals surface area contributed by atoms with Crippen molar-refractivity contribution in [1.29, 1.82) is 0 Å². The molecule has 0 radical (unpaired) electrons. The minimum atomic E-state index is -0.0229. The summed E-state index contributed by atoms with van der Waals surface area (Å²) in [5, 5.41) is 9.37. The van der Waals surface area contributed by atoms with E-state index in [-0.39, 0.29) is 23.8 Å². The molecule has 1 unspecified atom stereocenters. The Balaban J connectivity index is 1.47. The highest BCUT2D eigenvalue weighted by Gasteiger charge is 2.22. The molecule has 0 spiro atoms. The molecule has 2 amide bonds. The molecule has 1 heterocycles. The number of hydrogen-bond donors (Lipinski definition) is 3. The van der Waals surface area contributed by atoms with Crippen LogP contribution >= 0.6 is 0 Å². The van der Waals surface area contributed by atoms with Crippen LogP contribution in [0.3, 0.4) is 0 Å². The summed E-state index contributed by atoms with van der Waals surface area (Å²) in [4.78, 5) is 24.3. The first-order valence-corrected chi connectivity index (χ1v) is 9.10. The molecule has 2 fully saturated rings. The molecule has 5 nitrogen and oxygen atoms in total. The van der Waals surface area contributed by atoms with E-state index in [4.69, 9.17) is 0 Å². The van der Waals surface area contributed by atoms with E-state index in [2.05, 4.69) is 16.0 Å². The quantitative estimate of drug-likeness (QED) is 0.773. The van der Waals surface area contributed by atoms with Crippen LogP contribution in [0.2, 0.25) is 0 Å². The van der Waals surface area contributed by atoms with Crippen LogP contribution in [0.5, 0.6) is 0 Å². The van der Waals surface area contributed by atoms with Gasteiger partial charge in [0, 0.05) is 30.6 Å². The van der Waals surface area contributed by atoms with Crippen LogP contribution in [0, 0.1) is 5.92 Å². The molecular formula is C19H27N3O2. The van der Waals surface area contributed by atoms with E-state index in [1.165, 1.54) is 12.8 Å². The lowest BCUT2D eigenvalue weighted by Gasteiger charge is -2.23. The molecule has 1 atom stereocenters. The van der Waals surface area contributed by atoms with Gasteiger partial charge in [0.25, 0.3) is 5.91 Å². The second-order valence-electron chi connectivity index (χ2n) is 6.91. The third-order valence-corrected chi connectivity index (χ3v) is 5.04. The molecule has 3 rings (SSSR count). The summed E-state index contributed by atoms with van der Waals surface area (Å²) in [7, 11) is 0. The van der Waals surface area contributed by atoms with Crippen molar-refractivity contribution in [2.75, 3.05) is 13.1 Å². The van der Waals surface area contributed by atoms with Gasteiger partial charge in [-0.25, -0.2) is 0 Å². The molecule has 24 heavy (non-hydrogen) atoms. The fourth-order valence-corrected chi connectivity index (χ4v) is 3.54. The van der Waals surface area contributed by atoms with Crippen molar-refractivity contribution in [3.8, 4) is 0 Å². The maximum absolute atomic E-state index is 12.3. The SMILES string of the molecule is O=C(NC1CCCNC1)c1ccc(CNC(=O)C2CCCC2)cc1. The molecule has 1 saturated carbocycles. The maximum atomic E-state index is 12.3. The molecule has 130 valence electrons. The van der Waals surface area contributed by atoms with Crippen molar-refractivity contribution in [2.24, 2.45) is 5.92 Å². The predicted octanol–water partition coefficient (Wildman–Crippen LogP) is 1.97. The standard InChI is InChI=1S/C19H27N3O2/c23-18(15-4-1-2-5-15)21-12-14-7-9-16(10-8-14)19(24)22-17-6-3-11-20-13-17/h7-10,15,17,20H,1-6,11-13H2,(H,21,23)(H,22,24). The highest BCUT2D eigenvalue weighted by molar-refractivity contribution is 5.94. The van der Waals surface area contributed by atoms with E-state index in [0.29, 0.717) is 12.1 Å². The summed E-state index contributed by atoms with van der Waals surface area (Å²) >= 11 is 0. The van der Waals surface area contributed by atoms with Gasteiger partial charge in [-0.3, -0.25) is 9.59 Å². The summed E-state index contributed by atoms with van der Waals surface area (Å²) in [6.07, 6.45) is 6.49. The fourth-order valence-electron chi connectivity index (χ4n) is 3.54. The van der Waals surface area contributed by atoms with Gasteiger partial charge < -0.3 is 16.0 Å². The van der Waals surface area contributed by atoms with Gasteiger partial charge in [0.2, 0.25) is 5.91 Å². The van der Waals surface area contributed by atoms with Gasteiger partial charge in [-0.2, -0.15) is 0 Å². The zero-order chi connectivity index (χ0) is 16.8. The van der Waals surface area contributed by atoms with E-state index in [0.717, 1.165) is 44.3 Å². The van der Waals surface area contributed by atoms with E-state index in [9.17, 15) is 9.59 Å². The van der Waals surface area contributed by atoms with Crippen molar-refractivity contribution in [3.05, 3.63) is 35.4 Å². The van der Waals surface area contributed by atoms with Gasteiger partial charge in [-0.05, 0) is 49.9 Å². The van der Waals surface area contributed by atoms with Crippen LogP contribution in [0.1, 0.15) is 54.4 Å². The molecule has 1 saturated heterocycles. The summed E-state index contributed by atoms with van der Waals surface area (Å²) in [6.45, 7) is 2.41. The number of carbonyl (C=O) groups excluding carboxylic acids is 2. The largest absolute Gasteiger partial charge is 0.352 e. The van der Waals surface area contributed by atoms with Crippen LogP contribution in [-0.4, -0.2) is 30.9 Å². The van der Waals surface area contributed by atoms with Crippen molar-refractivity contribution in [2.45, 2.75) is 51.1 Å². The minimum Gasteiger partial charge on any atom is -0.352 e. The number of amides is 2. The average molecular weight is 329 g/mol. The van der Waals surface area contributed by atoms with Crippen molar-refractivity contribution in [1.82, 2.24) is 16.0 Å². The first kappa shape index (κ1) is 17.0. The van der Waals surface area contributed by atoms with E-state index in [1.807, 2.05) is 24.3 Å². The van der Waals surface area contributed by atoms with Gasteiger partial charge >= 0.3 is 0 Å². The Morgan fingerprint density at radius 1 is 1.04 bits per heavy atom. The van der Waals surface area contributed by atoms with Crippen molar-refractivity contribution >= 4 is 11.8 Å². The van der Waals surface area contributed by atoms with Gasteiger partial charge in [0.05, 0.1) is 0 Å².